The van der Waals surface area contributed by atoms with E-state index in [1.165, 1.54) is 0 Å². The summed E-state index contributed by atoms with van der Waals surface area (Å²) in [6, 6.07) is 6.88. The van der Waals surface area contributed by atoms with E-state index in [9.17, 15) is 9.59 Å². The molecule has 0 aliphatic heterocycles. The van der Waals surface area contributed by atoms with Crippen LogP contribution < -0.4 is 4.74 Å². The van der Waals surface area contributed by atoms with Crippen molar-refractivity contribution in [1.82, 2.24) is 0 Å². The van der Waals surface area contributed by atoms with Crippen molar-refractivity contribution in [3.63, 3.8) is 0 Å². The second kappa shape index (κ2) is 6.99. The Hall–Kier alpha value is -2.10. The molecule has 0 saturated carbocycles. The van der Waals surface area contributed by atoms with E-state index in [-0.39, 0.29) is 11.9 Å². The Bertz CT molecular complexity index is 571. The number of benzene rings is 1. The van der Waals surface area contributed by atoms with Crippen LogP contribution in [-0.2, 0) is 14.3 Å². The third-order valence-electron chi connectivity index (χ3n) is 3.09. The molecule has 0 heterocycles. The normalized spacial score (nSPS) is 13.1. The van der Waals surface area contributed by atoms with Crippen LogP contribution in [0, 0.1) is 10.8 Å². The summed E-state index contributed by atoms with van der Waals surface area (Å²) in [7, 11) is 0. The Labute approximate surface area is 138 Å². The molecule has 4 nitrogen and oxygen atoms in total. The Morgan fingerprint density at radius 1 is 0.957 bits per heavy atom. The van der Waals surface area contributed by atoms with Crippen LogP contribution in [0.5, 0.6) is 5.75 Å². The molecule has 1 atom stereocenters. The molecule has 1 aromatic carbocycles. The Balaban J connectivity index is 2.84. The zero-order valence-corrected chi connectivity index (χ0v) is 14.8. The lowest BCUT2D eigenvalue weighted by atomic mass is 9.97. The first-order chi connectivity index (χ1) is 10.4. The van der Waals surface area contributed by atoms with Gasteiger partial charge in [0.15, 0.2) is 0 Å². The quantitative estimate of drug-likeness (QED) is 0.467. The predicted molar refractivity (Wildman–Crippen MR) is 90.0 cm³/mol. The summed E-state index contributed by atoms with van der Waals surface area (Å²) in [5.74, 6) is -0.144. The average molecular weight is 318 g/mol. The van der Waals surface area contributed by atoms with Gasteiger partial charge in [0.05, 0.1) is 10.8 Å². The van der Waals surface area contributed by atoms with Crippen molar-refractivity contribution < 1.29 is 19.1 Å². The van der Waals surface area contributed by atoms with E-state index in [1.54, 1.807) is 71.9 Å². The highest BCUT2D eigenvalue weighted by atomic mass is 16.5. The van der Waals surface area contributed by atoms with Crippen LogP contribution in [0.1, 0.15) is 53.2 Å². The summed E-state index contributed by atoms with van der Waals surface area (Å²) in [6.07, 6.45) is 1.04. The van der Waals surface area contributed by atoms with Crippen molar-refractivity contribution >= 4 is 11.9 Å². The predicted octanol–water partition coefficient (Wildman–Crippen LogP) is 4.45. The molecule has 4 heteroatoms. The van der Waals surface area contributed by atoms with Gasteiger partial charge in [-0.2, -0.15) is 0 Å². The molecule has 23 heavy (non-hydrogen) atoms. The average Bonchev–Trinajstić information content (AvgIpc) is 2.43. The highest BCUT2D eigenvalue weighted by Gasteiger charge is 2.26. The van der Waals surface area contributed by atoms with Crippen LogP contribution in [0.4, 0.5) is 0 Å². The van der Waals surface area contributed by atoms with Gasteiger partial charge in [-0.05, 0) is 65.3 Å². The minimum absolute atomic E-state index is 0.300. The maximum atomic E-state index is 12.0. The van der Waals surface area contributed by atoms with Gasteiger partial charge in [0, 0.05) is 0 Å². The smallest absolute Gasteiger partial charge is 0.316 e. The number of rotatable bonds is 4. The lowest BCUT2D eigenvalue weighted by Crippen LogP contribution is -2.25. The fourth-order valence-corrected chi connectivity index (χ4v) is 1.53. The van der Waals surface area contributed by atoms with Gasteiger partial charge in [-0.3, -0.25) is 9.59 Å². The molecule has 0 N–H and O–H groups in total. The Kier molecular flexibility index (Phi) is 5.75. The van der Waals surface area contributed by atoms with Crippen LogP contribution >= 0.6 is 0 Å². The summed E-state index contributed by atoms with van der Waals surface area (Å²) in [5, 5.41) is 0. The molecule has 0 aromatic heterocycles. The molecule has 0 radical (unpaired) electrons. The molecular weight excluding hydrogens is 292 g/mol. The Morgan fingerprint density at radius 2 is 1.43 bits per heavy atom. The van der Waals surface area contributed by atoms with Crippen molar-refractivity contribution in [3.05, 3.63) is 42.5 Å². The van der Waals surface area contributed by atoms with E-state index in [2.05, 4.69) is 6.58 Å². The van der Waals surface area contributed by atoms with Gasteiger partial charge >= 0.3 is 11.9 Å². The second-order valence-corrected chi connectivity index (χ2v) is 7.52. The standard InChI is InChI=1S/C19H26O4/c1-8-15(23-17(21)19(5,6)7)13-9-11-14(12-10-13)22-16(20)18(2,3)4/h8-12,15H,1H2,2-7H3/t15-/m0/s1. The fourth-order valence-electron chi connectivity index (χ4n) is 1.53. The molecule has 0 amide bonds. The molecule has 126 valence electrons. The highest BCUT2D eigenvalue weighted by Crippen LogP contribution is 2.26. The molecule has 1 rings (SSSR count). The van der Waals surface area contributed by atoms with Gasteiger partial charge in [-0.25, -0.2) is 0 Å². The number of carbonyl (C=O) groups excluding carboxylic acids is 2. The van der Waals surface area contributed by atoms with Crippen LogP contribution in [0.3, 0.4) is 0 Å². The molecular formula is C19H26O4. The van der Waals surface area contributed by atoms with Gasteiger partial charge in [0.25, 0.3) is 0 Å². The summed E-state index contributed by atoms with van der Waals surface area (Å²) >= 11 is 0. The van der Waals surface area contributed by atoms with E-state index < -0.39 is 16.9 Å². The van der Waals surface area contributed by atoms with E-state index in [0.29, 0.717) is 5.75 Å². The van der Waals surface area contributed by atoms with Crippen LogP contribution in [0.25, 0.3) is 0 Å². The third kappa shape index (κ3) is 5.55. The number of ether oxygens (including phenoxy) is 2. The zero-order chi connectivity index (χ0) is 17.8. The number of hydrogen-bond acceptors (Lipinski definition) is 4. The monoisotopic (exact) mass is 318 g/mol. The van der Waals surface area contributed by atoms with Crippen LogP contribution in [0.15, 0.2) is 36.9 Å². The zero-order valence-electron chi connectivity index (χ0n) is 14.8. The lowest BCUT2D eigenvalue weighted by molar-refractivity contribution is -0.156. The summed E-state index contributed by atoms with van der Waals surface area (Å²) in [5.41, 5.74) is -0.373. The van der Waals surface area contributed by atoms with Crippen LogP contribution in [-0.4, -0.2) is 11.9 Å². The molecule has 1 aromatic rings. The van der Waals surface area contributed by atoms with Gasteiger partial charge in [-0.1, -0.05) is 18.7 Å². The molecule has 0 aliphatic carbocycles. The number of carbonyl (C=O) groups is 2. The van der Waals surface area contributed by atoms with Gasteiger partial charge < -0.3 is 9.47 Å². The van der Waals surface area contributed by atoms with Crippen molar-refractivity contribution in [3.8, 4) is 5.75 Å². The van der Waals surface area contributed by atoms with Crippen LogP contribution in [0.2, 0.25) is 0 Å². The van der Waals surface area contributed by atoms with E-state index in [0.717, 1.165) is 5.56 Å². The summed E-state index contributed by atoms with van der Waals surface area (Å²) in [6.45, 7) is 14.5. The fraction of sp³-hybridized carbons (Fsp3) is 0.474. The second-order valence-electron chi connectivity index (χ2n) is 7.52. The molecule has 0 fully saturated rings. The van der Waals surface area contributed by atoms with Crippen molar-refractivity contribution in [2.24, 2.45) is 10.8 Å². The first-order valence-electron chi connectivity index (χ1n) is 7.61. The largest absolute Gasteiger partial charge is 0.453 e. The lowest BCUT2D eigenvalue weighted by Gasteiger charge is -2.22. The van der Waals surface area contributed by atoms with Crippen molar-refractivity contribution in [1.29, 1.82) is 0 Å². The Morgan fingerprint density at radius 3 is 1.83 bits per heavy atom. The van der Waals surface area contributed by atoms with Crippen molar-refractivity contribution in [2.75, 3.05) is 0 Å². The van der Waals surface area contributed by atoms with Crippen molar-refractivity contribution in [2.45, 2.75) is 47.6 Å². The maximum absolute atomic E-state index is 12.0. The molecule has 0 spiro atoms. The minimum atomic E-state index is -0.580. The third-order valence-corrected chi connectivity index (χ3v) is 3.09. The SMILES string of the molecule is C=C[C@H](OC(=O)C(C)(C)C)c1ccc(OC(=O)C(C)(C)C)cc1. The molecule has 0 aliphatic rings. The van der Waals surface area contributed by atoms with Gasteiger partial charge in [0.1, 0.15) is 11.9 Å². The van der Waals surface area contributed by atoms with E-state index >= 15 is 0 Å². The number of esters is 2. The number of hydrogen-bond donors (Lipinski definition) is 0. The highest BCUT2D eigenvalue weighted by molar-refractivity contribution is 5.78. The minimum Gasteiger partial charge on any atom is -0.453 e. The van der Waals surface area contributed by atoms with Gasteiger partial charge in [0.2, 0.25) is 0 Å². The molecule has 0 bridgehead atoms. The molecule has 0 saturated heterocycles. The maximum Gasteiger partial charge on any atom is 0.316 e. The van der Waals surface area contributed by atoms with E-state index in [1.807, 2.05) is 0 Å². The summed E-state index contributed by atoms with van der Waals surface area (Å²) in [4.78, 5) is 23.8. The topological polar surface area (TPSA) is 52.6 Å². The molecule has 0 unspecified atom stereocenters. The summed E-state index contributed by atoms with van der Waals surface area (Å²) < 4.78 is 10.8. The first kappa shape index (κ1) is 18.9. The first-order valence-corrected chi connectivity index (χ1v) is 7.61. The van der Waals surface area contributed by atoms with E-state index in [4.69, 9.17) is 9.47 Å². The van der Waals surface area contributed by atoms with Gasteiger partial charge in [-0.15, -0.1) is 0 Å².